The summed E-state index contributed by atoms with van der Waals surface area (Å²) in [6, 6.07) is 5.73. The minimum Gasteiger partial charge on any atom is -0.395 e. The zero-order valence-corrected chi connectivity index (χ0v) is 12.6. The maximum atomic E-state index is 12.8. The van der Waals surface area contributed by atoms with Crippen LogP contribution in [0.4, 0.5) is 5.69 Å². The summed E-state index contributed by atoms with van der Waals surface area (Å²) in [4.78, 5) is 14.7. The number of nitrogens with two attached hydrogens (primary N) is 1. The van der Waals surface area contributed by atoms with E-state index in [1.807, 2.05) is 17.9 Å². The number of hydrazine groups is 1. The van der Waals surface area contributed by atoms with Crippen LogP contribution in [0.2, 0.25) is 0 Å². The lowest BCUT2D eigenvalue weighted by Gasteiger charge is -2.34. The second kappa shape index (κ2) is 7.43. The van der Waals surface area contributed by atoms with Gasteiger partial charge in [0.1, 0.15) is 0 Å². The first-order valence-electron chi connectivity index (χ1n) is 7.66. The molecule has 0 radical (unpaired) electrons. The number of anilines is 1. The van der Waals surface area contributed by atoms with Gasteiger partial charge in [0.2, 0.25) is 0 Å². The lowest BCUT2D eigenvalue weighted by molar-refractivity contribution is 0.0584. The fraction of sp³-hybridized carbons (Fsp3) is 0.562. The molecule has 1 aromatic rings. The summed E-state index contributed by atoms with van der Waals surface area (Å²) < 4.78 is 0. The summed E-state index contributed by atoms with van der Waals surface area (Å²) in [5.74, 6) is 5.40. The van der Waals surface area contributed by atoms with Crippen LogP contribution in [-0.2, 0) is 0 Å². The lowest BCUT2D eigenvalue weighted by atomic mass is 9.93. The fourth-order valence-electron chi connectivity index (χ4n) is 3.10. The Morgan fingerprint density at radius 3 is 2.67 bits per heavy atom. The standard InChI is InChI=1S/C16H25N3O2/c1-12-11-13(18-17)7-8-15(12)16(21)19(9-10-20)14-5-3-2-4-6-14/h7-8,11,14,18,20H,2-6,9-10,17H2,1H3. The molecule has 0 heterocycles. The number of aliphatic hydroxyl groups is 1. The highest BCUT2D eigenvalue weighted by Crippen LogP contribution is 2.25. The number of hydrogen-bond donors (Lipinski definition) is 3. The number of carbonyl (C=O) groups is 1. The maximum Gasteiger partial charge on any atom is 0.254 e. The molecule has 5 nitrogen and oxygen atoms in total. The van der Waals surface area contributed by atoms with Crippen LogP contribution < -0.4 is 11.3 Å². The van der Waals surface area contributed by atoms with Gasteiger partial charge in [-0.1, -0.05) is 19.3 Å². The Kier molecular flexibility index (Phi) is 5.59. The van der Waals surface area contributed by atoms with Crippen LogP contribution >= 0.6 is 0 Å². The Morgan fingerprint density at radius 2 is 2.10 bits per heavy atom. The van der Waals surface area contributed by atoms with Crippen molar-refractivity contribution in [2.75, 3.05) is 18.6 Å². The minimum atomic E-state index is 0.00370. The molecule has 4 N–H and O–H groups in total. The van der Waals surface area contributed by atoms with Crippen molar-refractivity contribution in [1.82, 2.24) is 4.90 Å². The maximum absolute atomic E-state index is 12.8. The smallest absolute Gasteiger partial charge is 0.254 e. The van der Waals surface area contributed by atoms with Crippen molar-refractivity contribution in [3.63, 3.8) is 0 Å². The Hall–Kier alpha value is -1.59. The number of nitrogens with zero attached hydrogens (tertiary/aromatic N) is 1. The molecule has 5 heteroatoms. The van der Waals surface area contributed by atoms with E-state index in [4.69, 9.17) is 5.84 Å². The Balaban J connectivity index is 2.21. The van der Waals surface area contributed by atoms with E-state index < -0.39 is 0 Å². The molecule has 21 heavy (non-hydrogen) atoms. The van der Waals surface area contributed by atoms with Crippen molar-refractivity contribution < 1.29 is 9.90 Å². The van der Waals surface area contributed by atoms with E-state index in [-0.39, 0.29) is 18.6 Å². The first-order valence-corrected chi connectivity index (χ1v) is 7.66. The van der Waals surface area contributed by atoms with Crippen LogP contribution in [-0.4, -0.2) is 35.1 Å². The third kappa shape index (κ3) is 3.74. The van der Waals surface area contributed by atoms with Gasteiger partial charge in [-0.25, -0.2) is 0 Å². The van der Waals surface area contributed by atoms with Crippen molar-refractivity contribution in [3.05, 3.63) is 29.3 Å². The van der Waals surface area contributed by atoms with Crippen molar-refractivity contribution in [3.8, 4) is 0 Å². The summed E-state index contributed by atoms with van der Waals surface area (Å²) in [5, 5.41) is 9.29. The molecule has 2 rings (SSSR count). The number of carbonyl (C=O) groups excluding carboxylic acids is 1. The fourth-order valence-corrected chi connectivity index (χ4v) is 3.10. The Labute approximate surface area is 126 Å². The van der Waals surface area contributed by atoms with Gasteiger partial charge < -0.3 is 15.4 Å². The van der Waals surface area contributed by atoms with Crippen LogP contribution in [0.25, 0.3) is 0 Å². The third-order valence-corrected chi connectivity index (χ3v) is 4.24. The van der Waals surface area contributed by atoms with Crippen LogP contribution in [0.15, 0.2) is 18.2 Å². The van der Waals surface area contributed by atoms with Gasteiger partial charge in [0.15, 0.2) is 0 Å². The van der Waals surface area contributed by atoms with E-state index in [1.165, 1.54) is 6.42 Å². The molecule has 116 valence electrons. The van der Waals surface area contributed by atoms with E-state index in [2.05, 4.69) is 5.43 Å². The quantitative estimate of drug-likeness (QED) is 0.573. The van der Waals surface area contributed by atoms with Crippen LogP contribution in [0, 0.1) is 6.92 Å². The molecule has 0 saturated heterocycles. The molecule has 1 aromatic carbocycles. The lowest BCUT2D eigenvalue weighted by Crippen LogP contribution is -2.43. The molecule has 0 bridgehead atoms. The minimum absolute atomic E-state index is 0.00370. The van der Waals surface area contributed by atoms with Crippen LogP contribution in [0.1, 0.15) is 48.0 Å². The molecule has 1 saturated carbocycles. The van der Waals surface area contributed by atoms with Crippen molar-refractivity contribution in [2.45, 2.75) is 45.1 Å². The third-order valence-electron chi connectivity index (χ3n) is 4.24. The normalized spacial score (nSPS) is 15.8. The second-order valence-electron chi connectivity index (χ2n) is 5.69. The summed E-state index contributed by atoms with van der Waals surface area (Å²) in [6.45, 7) is 2.32. The van der Waals surface area contributed by atoms with Gasteiger partial charge in [-0.3, -0.25) is 10.6 Å². The Bertz CT molecular complexity index is 484. The molecule has 0 unspecified atom stereocenters. The molecule has 0 atom stereocenters. The Morgan fingerprint density at radius 1 is 1.38 bits per heavy atom. The topological polar surface area (TPSA) is 78.6 Å². The number of nitrogens with one attached hydrogen (secondary N) is 1. The number of rotatable bonds is 5. The molecular weight excluding hydrogens is 266 g/mol. The van der Waals surface area contributed by atoms with Crippen molar-refractivity contribution >= 4 is 11.6 Å². The van der Waals surface area contributed by atoms with Gasteiger partial charge in [0.05, 0.1) is 6.61 Å². The average molecular weight is 291 g/mol. The zero-order chi connectivity index (χ0) is 15.2. The van der Waals surface area contributed by atoms with Gasteiger partial charge in [-0.2, -0.15) is 0 Å². The van der Waals surface area contributed by atoms with E-state index in [9.17, 15) is 9.90 Å². The molecular formula is C16H25N3O2. The van der Waals surface area contributed by atoms with Gasteiger partial charge in [0.25, 0.3) is 5.91 Å². The molecule has 0 aromatic heterocycles. The van der Waals surface area contributed by atoms with Crippen LogP contribution in [0.3, 0.4) is 0 Å². The summed E-state index contributed by atoms with van der Waals surface area (Å²) in [7, 11) is 0. The molecule has 0 spiro atoms. The summed E-state index contributed by atoms with van der Waals surface area (Å²) in [6.07, 6.45) is 5.64. The van der Waals surface area contributed by atoms with E-state index in [0.29, 0.717) is 12.1 Å². The monoisotopic (exact) mass is 291 g/mol. The SMILES string of the molecule is Cc1cc(NN)ccc1C(=O)N(CCO)C1CCCCC1. The molecule has 1 amide bonds. The number of aliphatic hydroxyl groups excluding tert-OH is 1. The highest BCUT2D eigenvalue weighted by atomic mass is 16.3. The average Bonchev–Trinajstić information content (AvgIpc) is 2.52. The molecule has 0 aliphatic heterocycles. The van der Waals surface area contributed by atoms with Crippen molar-refractivity contribution in [1.29, 1.82) is 0 Å². The number of benzene rings is 1. The number of aryl methyl sites for hydroxylation is 1. The first-order chi connectivity index (χ1) is 10.2. The highest BCUT2D eigenvalue weighted by Gasteiger charge is 2.26. The molecule has 1 fully saturated rings. The van der Waals surface area contributed by atoms with E-state index in [1.54, 1.807) is 12.1 Å². The summed E-state index contributed by atoms with van der Waals surface area (Å²) in [5.41, 5.74) is 4.96. The van der Waals surface area contributed by atoms with Crippen LogP contribution in [0.5, 0.6) is 0 Å². The van der Waals surface area contributed by atoms with E-state index in [0.717, 1.165) is 36.9 Å². The highest BCUT2D eigenvalue weighted by molar-refractivity contribution is 5.96. The zero-order valence-electron chi connectivity index (χ0n) is 12.6. The second-order valence-corrected chi connectivity index (χ2v) is 5.69. The summed E-state index contributed by atoms with van der Waals surface area (Å²) >= 11 is 0. The molecule has 1 aliphatic carbocycles. The van der Waals surface area contributed by atoms with Crippen molar-refractivity contribution in [2.24, 2.45) is 5.84 Å². The number of amides is 1. The number of hydrogen-bond acceptors (Lipinski definition) is 4. The van der Waals surface area contributed by atoms with Gasteiger partial charge >= 0.3 is 0 Å². The molecule has 1 aliphatic rings. The predicted molar refractivity (Wildman–Crippen MR) is 84.0 cm³/mol. The first kappa shape index (κ1) is 15.8. The van der Waals surface area contributed by atoms with Gasteiger partial charge in [-0.05, 0) is 43.5 Å². The van der Waals surface area contributed by atoms with Gasteiger partial charge in [-0.15, -0.1) is 0 Å². The predicted octanol–water partition coefficient (Wildman–Crippen LogP) is 2.05. The number of nitrogen functional groups attached to an aromatic ring is 1. The largest absolute Gasteiger partial charge is 0.395 e. The van der Waals surface area contributed by atoms with Gasteiger partial charge in [0, 0.05) is 23.8 Å². The van der Waals surface area contributed by atoms with E-state index >= 15 is 0 Å².